The normalized spacial score (nSPS) is 17.6. The van der Waals surface area contributed by atoms with E-state index in [0.29, 0.717) is 6.54 Å². The summed E-state index contributed by atoms with van der Waals surface area (Å²) in [7, 11) is 0. The van der Waals surface area contributed by atoms with Crippen molar-refractivity contribution in [3.8, 4) is 0 Å². The number of piperidine rings is 1. The van der Waals surface area contributed by atoms with Gasteiger partial charge in [0, 0.05) is 30.7 Å². The molecule has 1 aromatic heterocycles. The quantitative estimate of drug-likeness (QED) is 0.918. The third kappa shape index (κ3) is 3.51. The van der Waals surface area contributed by atoms with Gasteiger partial charge in [-0.25, -0.2) is 4.98 Å². The van der Waals surface area contributed by atoms with Gasteiger partial charge in [0.25, 0.3) is 0 Å². The molecule has 0 spiro atoms. The fourth-order valence-electron chi connectivity index (χ4n) is 2.81. The molecular weight excluding hydrogens is 246 g/mol. The first-order valence-electron chi connectivity index (χ1n) is 7.90. The molecule has 0 atom stereocenters. The van der Waals surface area contributed by atoms with Gasteiger partial charge in [-0.05, 0) is 36.5 Å². The zero-order chi connectivity index (χ0) is 14.8. The molecule has 2 rings (SSSR count). The van der Waals surface area contributed by atoms with Crippen molar-refractivity contribution in [3.05, 3.63) is 23.4 Å². The first-order valence-corrected chi connectivity index (χ1v) is 7.90. The van der Waals surface area contributed by atoms with Crippen molar-refractivity contribution >= 4 is 5.82 Å². The lowest BCUT2D eigenvalue weighted by Crippen LogP contribution is -2.34. The standard InChI is InChI=1S/C17H29N3/c1-5-13-6-8-20(9-7-13)16-11-14(12-18)10-15(19-16)17(2,3)4/h10-11,13H,5-9,12,18H2,1-4H3. The van der Waals surface area contributed by atoms with Crippen LogP contribution in [0.3, 0.4) is 0 Å². The molecule has 0 saturated carbocycles. The Morgan fingerprint density at radius 2 is 1.90 bits per heavy atom. The molecule has 2 N–H and O–H groups in total. The first-order chi connectivity index (χ1) is 9.44. The van der Waals surface area contributed by atoms with Crippen molar-refractivity contribution in [2.75, 3.05) is 18.0 Å². The molecule has 2 heterocycles. The number of hydrogen-bond donors (Lipinski definition) is 1. The Morgan fingerprint density at radius 3 is 2.40 bits per heavy atom. The summed E-state index contributed by atoms with van der Waals surface area (Å²) in [5, 5.41) is 0. The van der Waals surface area contributed by atoms with Gasteiger partial charge < -0.3 is 10.6 Å². The molecule has 0 amide bonds. The lowest BCUT2D eigenvalue weighted by atomic mass is 9.90. The number of hydrogen-bond acceptors (Lipinski definition) is 3. The van der Waals surface area contributed by atoms with Gasteiger partial charge in [-0.3, -0.25) is 0 Å². The highest BCUT2D eigenvalue weighted by Crippen LogP contribution is 2.28. The third-order valence-corrected chi connectivity index (χ3v) is 4.39. The maximum Gasteiger partial charge on any atom is 0.129 e. The number of nitrogens with zero attached hydrogens (tertiary/aromatic N) is 2. The Labute approximate surface area is 123 Å². The minimum atomic E-state index is 0.0711. The minimum absolute atomic E-state index is 0.0711. The summed E-state index contributed by atoms with van der Waals surface area (Å²) in [4.78, 5) is 7.33. The molecule has 112 valence electrons. The number of anilines is 1. The van der Waals surface area contributed by atoms with Crippen molar-refractivity contribution < 1.29 is 0 Å². The number of nitrogens with two attached hydrogens (primary N) is 1. The van der Waals surface area contributed by atoms with Crippen LogP contribution in [0.2, 0.25) is 0 Å². The molecule has 1 saturated heterocycles. The van der Waals surface area contributed by atoms with Gasteiger partial charge in [0.2, 0.25) is 0 Å². The first kappa shape index (κ1) is 15.3. The van der Waals surface area contributed by atoms with E-state index in [-0.39, 0.29) is 5.41 Å². The van der Waals surface area contributed by atoms with Gasteiger partial charge >= 0.3 is 0 Å². The molecule has 20 heavy (non-hydrogen) atoms. The summed E-state index contributed by atoms with van der Waals surface area (Å²) in [5.74, 6) is 2.01. The second-order valence-electron chi connectivity index (χ2n) is 7.01. The summed E-state index contributed by atoms with van der Waals surface area (Å²) < 4.78 is 0. The Hall–Kier alpha value is -1.09. The molecule has 1 fully saturated rings. The third-order valence-electron chi connectivity index (χ3n) is 4.39. The van der Waals surface area contributed by atoms with Crippen LogP contribution in [0.1, 0.15) is 58.2 Å². The Kier molecular flexibility index (Phi) is 4.69. The zero-order valence-electron chi connectivity index (χ0n) is 13.4. The van der Waals surface area contributed by atoms with Gasteiger partial charge in [-0.1, -0.05) is 34.1 Å². The minimum Gasteiger partial charge on any atom is -0.357 e. The van der Waals surface area contributed by atoms with Gasteiger partial charge in [0.15, 0.2) is 0 Å². The van der Waals surface area contributed by atoms with E-state index in [4.69, 9.17) is 10.7 Å². The largest absolute Gasteiger partial charge is 0.357 e. The van der Waals surface area contributed by atoms with Crippen LogP contribution in [0.5, 0.6) is 0 Å². The zero-order valence-corrected chi connectivity index (χ0v) is 13.4. The fourth-order valence-corrected chi connectivity index (χ4v) is 2.81. The second kappa shape index (κ2) is 6.13. The molecule has 0 aromatic carbocycles. The lowest BCUT2D eigenvalue weighted by Gasteiger charge is -2.33. The Balaban J connectivity index is 2.23. The van der Waals surface area contributed by atoms with Crippen molar-refractivity contribution in [2.24, 2.45) is 11.7 Å². The molecule has 0 unspecified atom stereocenters. The van der Waals surface area contributed by atoms with E-state index >= 15 is 0 Å². The molecule has 3 nitrogen and oxygen atoms in total. The van der Waals surface area contributed by atoms with Gasteiger partial charge in [-0.15, -0.1) is 0 Å². The van der Waals surface area contributed by atoms with Crippen LogP contribution in [-0.2, 0) is 12.0 Å². The maximum atomic E-state index is 5.86. The number of pyridine rings is 1. The van der Waals surface area contributed by atoms with Crippen LogP contribution in [0.15, 0.2) is 12.1 Å². The molecular formula is C17H29N3. The van der Waals surface area contributed by atoms with E-state index in [9.17, 15) is 0 Å². The van der Waals surface area contributed by atoms with E-state index in [1.54, 1.807) is 0 Å². The Bertz CT molecular complexity index is 440. The summed E-state index contributed by atoms with van der Waals surface area (Å²) in [5.41, 5.74) is 8.27. The molecule has 0 radical (unpaired) electrons. The fraction of sp³-hybridized carbons (Fsp3) is 0.706. The highest BCUT2D eigenvalue weighted by molar-refractivity contribution is 5.44. The highest BCUT2D eigenvalue weighted by Gasteiger charge is 2.22. The molecule has 0 aliphatic carbocycles. The summed E-state index contributed by atoms with van der Waals surface area (Å²) >= 11 is 0. The van der Waals surface area contributed by atoms with Crippen molar-refractivity contribution in [3.63, 3.8) is 0 Å². The van der Waals surface area contributed by atoms with Crippen molar-refractivity contribution in [1.29, 1.82) is 0 Å². The highest BCUT2D eigenvalue weighted by atomic mass is 15.2. The monoisotopic (exact) mass is 275 g/mol. The van der Waals surface area contributed by atoms with Crippen molar-refractivity contribution in [1.82, 2.24) is 4.98 Å². The summed E-state index contributed by atoms with van der Waals surface area (Å²) in [6.45, 7) is 11.8. The smallest absolute Gasteiger partial charge is 0.129 e. The summed E-state index contributed by atoms with van der Waals surface area (Å²) in [6.07, 6.45) is 3.88. The number of aromatic nitrogens is 1. The molecule has 1 aliphatic heterocycles. The maximum absolute atomic E-state index is 5.86. The van der Waals surface area contributed by atoms with E-state index in [2.05, 4.69) is 44.7 Å². The molecule has 1 aromatic rings. The van der Waals surface area contributed by atoms with Crippen LogP contribution in [0.25, 0.3) is 0 Å². The van der Waals surface area contributed by atoms with E-state index in [1.807, 2.05) is 0 Å². The van der Waals surface area contributed by atoms with E-state index in [1.165, 1.54) is 24.8 Å². The molecule has 1 aliphatic rings. The van der Waals surface area contributed by atoms with Gasteiger partial charge in [0.1, 0.15) is 5.82 Å². The molecule has 0 bridgehead atoms. The topological polar surface area (TPSA) is 42.1 Å². The van der Waals surface area contributed by atoms with Crippen LogP contribution in [0.4, 0.5) is 5.82 Å². The van der Waals surface area contributed by atoms with Gasteiger partial charge in [-0.2, -0.15) is 0 Å². The lowest BCUT2D eigenvalue weighted by molar-refractivity contribution is 0.393. The molecule has 3 heteroatoms. The van der Waals surface area contributed by atoms with Crippen LogP contribution in [-0.4, -0.2) is 18.1 Å². The average Bonchev–Trinajstić information content (AvgIpc) is 2.46. The predicted octanol–water partition coefficient (Wildman–Crippen LogP) is 3.46. The average molecular weight is 275 g/mol. The predicted molar refractivity (Wildman–Crippen MR) is 86.1 cm³/mol. The number of rotatable bonds is 3. The van der Waals surface area contributed by atoms with E-state index in [0.717, 1.165) is 30.5 Å². The van der Waals surface area contributed by atoms with E-state index < -0.39 is 0 Å². The van der Waals surface area contributed by atoms with Crippen LogP contribution < -0.4 is 10.6 Å². The van der Waals surface area contributed by atoms with Crippen molar-refractivity contribution in [2.45, 2.75) is 58.9 Å². The summed E-state index contributed by atoms with van der Waals surface area (Å²) in [6, 6.07) is 4.32. The van der Waals surface area contributed by atoms with Crippen LogP contribution >= 0.6 is 0 Å². The second-order valence-corrected chi connectivity index (χ2v) is 7.01. The van der Waals surface area contributed by atoms with Crippen LogP contribution in [0, 0.1) is 5.92 Å². The SMILES string of the molecule is CCC1CCN(c2cc(CN)cc(C(C)(C)C)n2)CC1. The van der Waals surface area contributed by atoms with Gasteiger partial charge in [0.05, 0.1) is 0 Å². The Morgan fingerprint density at radius 1 is 1.25 bits per heavy atom.